The van der Waals surface area contributed by atoms with Crippen LogP contribution >= 0.6 is 0 Å². The van der Waals surface area contributed by atoms with E-state index >= 15 is 0 Å². The van der Waals surface area contributed by atoms with E-state index in [1.165, 1.54) is 0 Å². The summed E-state index contributed by atoms with van der Waals surface area (Å²) in [6.45, 7) is 8.46. The number of nitrogens with zero attached hydrogens (tertiary/aromatic N) is 1. The number of rotatable bonds is 5. The van der Waals surface area contributed by atoms with Crippen molar-refractivity contribution in [1.29, 1.82) is 0 Å². The van der Waals surface area contributed by atoms with Crippen molar-refractivity contribution in [2.24, 2.45) is 5.92 Å². The maximum Gasteiger partial charge on any atom is 0.410 e. The molecule has 1 aromatic carbocycles. The van der Waals surface area contributed by atoms with Crippen LogP contribution in [0.25, 0.3) is 0 Å². The molecule has 2 aliphatic heterocycles. The van der Waals surface area contributed by atoms with Crippen molar-refractivity contribution in [3.63, 3.8) is 0 Å². The van der Waals surface area contributed by atoms with Gasteiger partial charge in [-0.15, -0.1) is 0 Å². The Bertz CT molecular complexity index is 746. The zero-order valence-corrected chi connectivity index (χ0v) is 18.6. The lowest BCUT2D eigenvalue weighted by atomic mass is 9.87. The van der Waals surface area contributed by atoms with E-state index in [9.17, 15) is 9.59 Å². The molecule has 2 heterocycles. The van der Waals surface area contributed by atoms with Gasteiger partial charge in [0.25, 0.3) is 5.91 Å². The highest BCUT2D eigenvalue weighted by molar-refractivity contribution is 5.94. The number of ether oxygens (including phenoxy) is 2. The van der Waals surface area contributed by atoms with Crippen LogP contribution in [0.5, 0.6) is 0 Å². The van der Waals surface area contributed by atoms with Gasteiger partial charge in [-0.3, -0.25) is 4.79 Å². The SMILES string of the molecule is CNC(=O)c1cccc(CN[C@@H]2CCOC[C@H]2[C@@H]2CCCN2C(=O)OC(C)(C)C)c1. The van der Waals surface area contributed by atoms with E-state index in [0.29, 0.717) is 25.3 Å². The minimum Gasteiger partial charge on any atom is -0.444 e. The maximum atomic E-state index is 12.7. The summed E-state index contributed by atoms with van der Waals surface area (Å²) in [6.07, 6.45) is 2.63. The predicted octanol–water partition coefficient (Wildman–Crippen LogP) is 2.94. The summed E-state index contributed by atoms with van der Waals surface area (Å²) >= 11 is 0. The van der Waals surface area contributed by atoms with Gasteiger partial charge in [-0.1, -0.05) is 12.1 Å². The van der Waals surface area contributed by atoms with Gasteiger partial charge >= 0.3 is 6.09 Å². The van der Waals surface area contributed by atoms with Crippen LogP contribution in [0.1, 0.15) is 56.0 Å². The molecule has 7 heteroatoms. The molecule has 0 aliphatic carbocycles. The largest absolute Gasteiger partial charge is 0.444 e. The van der Waals surface area contributed by atoms with Crippen molar-refractivity contribution >= 4 is 12.0 Å². The summed E-state index contributed by atoms with van der Waals surface area (Å²) in [5, 5.41) is 6.33. The summed E-state index contributed by atoms with van der Waals surface area (Å²) in [7, 11) is 1.64. The van der Waals surface area contributed by atoms with E-state index in [-0.39, 0.29) is 30.0 Å². The molecule has 0 saturated carbocycles. The van der Waals surface area contributed by atoms with Crippen LogP contribution in [0.15, 0.2) is 24.3 Å². The summed E-state index contributed by atoms with van der Waals surface area (Å²) in [4.78, 5) is 26.5. The highest BCUT2D eigenvalue weighted by Crippen LogP contribution is 2.31. The first-order chi connectivity index (χ1) is 14.3. The number of amides is 2. The van der Waals surface area contributed by atoms with Gasteiger partial charge in [-0.25, -0.2) is 4.79 Å². The van der Waals surface area contributed by atoms with E-state index in [4.69, 9.17) is 9.47 Å². The summed E-state index contributed by atoms with van der Waals surface area (Å²) < 4.78 is 11.4. The molecule has 2 saturated heterocycles. The van der Waals surface area contributed by atoms with Crippen molar-refractivity contribution in [3.05, 3.63) is 35.4 Å². The molecular formula is C23H35N3O4. The van der Waals surface area contributed by atoms with Crippen molar-refractivity contribution in [3.8, 4) is 0 Å². The Labute approximate surface area is 179 Å². The fourth-order valence-corrected chi connectivity index (χ4v) is 4.39. The van der Waals surface area contributed by atoms with Crippen LogP contribution in [0.3, 0.4) is 0 Å². The lowest BCUT2D eigenvalue weighted by Gasteiger charge is -2.40. The van der Waals surface area contributed by atoms with Gasteiger partial charge in [0.15, 0.2) is 0 Å². The van der Waals surface area contributed by atoms with Crippen LogP contribution in [-0.4, -0.2) is 61.4 Å². The number of likely N-dealkylation sites (tertiary alicyclic amines) is 1. The number of benzene rings is 1. The van der Waals surface area contributed by atoms with Gasteiger partial charge in [-0.05, 0) is 57.7 Å². The smallest absolute Gasteiger partial charge is 0.410 e. The molecule has 2 N–H and O–H groups in total. The number of hydrogen-bond acceptors (Lipinski definition) is 5. The van der Waals surface area contributed by atoms with Gasteiger partial charge in [0.05, 0.1) is 6.61 Å². The highest BCUT2D eigenvalue weighted by Gasteiger charge is 2.41. The Hall–Kier alpha value is -2.12. The molecule has 0 spiro atoms. The Morgan fingerprint density at radius 2 is 2.07 bits per heavy atom. The number of nitrogens with one attached hydrogen (secondary N) is 2. The molecule has 7 nitrogen and oxygen atoms in total. The van der Waals surface area contributed by atoms with Gasteiger partial charge < -0.3 is 25.0 Å². The van der Waals surface area contributed by atoms with E-state index in [1.54, 1.807) is 7.05 Å². The average molecular weight is 418 g/mol. The monoisotopic (exact) mass is 417 g/mol. The molecule has 2 amide bonds. The second-order valence-corrected chi connectivity index (χ2v) is 9.18. The Balaban J connectivity index is 1.66. The first-order valence-corrected chi connectivity index (χ1v) is 10.9. The summed E-state index contributed by atoms with van der Waals surface area (Å²) in [5.41, 5.74) is 1.23. The van der Waals surface area contributed by atoms with Crippen molar-refractivity contribution in [2.75, 3.05) is 26.8 Å². The number of carbonyl (C=O) groups is 2. The highest BCUT2D eigenvalue weighted by atomic mass is 16.6. The lowest BCUT2D eigenvalue weighted by Crippen LogP contribution is -2.53. The zero-order valence-electron chi connectivity index (χ0n) is 18.6. The molecule has 0 bridgehead atoms. The van der Waals surface area contributed by atoms with Gasteiger partial charge in [-0.2, -0.15) is 0 Å². The standard InChI is InChI=1S/C23H35N3O4/c1-23(2,3)30-22(28)26-11-6-9-20(26)18-15-29-12-10-19(18)25-14-16-7-5-8-17(13-16)21(27)24-4/h5,7-8,13,18-20,25H,6,9-12,14-15H2,1-4H3,(H,24,27)/t18-,19-,20+/m1/s1. The second kappa shape index (κ2) is 9.79. The molecule has 30 heavy (non-hydrogen) atoms. The van der Waals surface area contributed by atoms with E-state index < -0.39 is 5.60 Å². The zero-order chi connectivity index (χ0) is 21.7. The molecule has 3 atom stereocenters. The molecule has 2 fully saturated rings. The summed E-state index contributed by atoms with van der Waals surface area (Å²) in [6, 6.07) is 8.03. The van der Waals surface area contributed by atoms with Crippen molar-refractivity contribution in [1.82, 2.24) is 15.5 Å². The maximum absolute atomic E-state index is 12.7. The topological polar surface area (TPSA) is 79.9 Å². The van der Waals surface area contributed by atoms with E-state index in [0.717, 1.165) is 31.4 Å². The van der Waals surface area contributed by atoms with Crippen LogP contribution < -0.4 is 10.6 Å². The normalized spacial score (nSPS) is 24.5. The van der Waals surface area contributed by atoms with Crippen LogP contribution in [0, 0.1) is 5.92 Å². The minimum atomic E-state index is -0.499. The van der Waals surface area contributed by atoms with Crippen LogP contribution in [0.2, 0.25) is 0 Å². The molecular weight excluding hydrogens is 382 g/mol. The second-order valence-electron chi connectivity index (χ2n) is 9.18. The van der Waals surface area contributed by atoms with E-state index in [1.807, 2.05) is 49.9 Å². The first-order valence-electron chi connectivity index (χ1n) is 10.9. The molecule has 0 aromatic heterocycles. The molecule has 1 aromatic rings. The molecule has 0 unspecified atom stereocenters. The molecule has 0 radical (unpaired) electrons. The molecule has 166 valence electrons. The Morgan fingerprint density at radius 3 is 2.80 bits per heavy atom. The van der Waals surface area contributed by atoms with Crippen molar-refractivity contribution in [2.45, 2.75) is 64.3 Å². The van der Waals surface area contributed by atoms with E-state index in [2.05, 4.69) is 10.6 Å². The number of carbonyl (C=O) groups excluding carboxylic acids is 2. The van der Waals surface area contributed by atoms with Gasteiger partial charge in [0.2, 0.25) is 0 Å². The minimum absolute atomic E-state index is 0.0836. The molecule has 2 aliphatic rings. The fourth-order valence-electron chi connectivity index (χ4n) is 4.39. The Kier molecular flexibility index (Phi) is 7.36. The summed E-state index contributed by atoms with van der Waals surface area (Å²) in [5.74, 6) is 0.135. The Morgan fingerprint density at radius 1 is 1.27 bits per heavy atom. The molecule has 3 rings (SSSR count). The van der Waals surface area contributed by atoms with Gasteiger partial charge in [0.1, 0.15) is 5.60 Å². The van der Waals surface area contributed by atoms with Crippen LogP contribution in [0.4, 0.5) is 4.79 Å². The van der Waals surface area contributed by atoms with Gasteiger partial charge in [0, 0.05) is 50.3 Å². The third-order valence-corrected chi connectivity index (χ3v) is 5.81. The van der Waals surface area contributed by atoms with Crippen molar-refractivity contribution < 1.29 is 19.1 Å². The third-order valence-electron chi connectivity index (χ3n) is 5.81. The third kappa shape index (κ3) is 5.73. The quantitative estimate of drug-likeness (QED) is 0.770. The lowest BCUT2D eigenvalue weighted by molar-refractivity contribution is -0.0168. The number of hydrogen-bond donors (Lipinski definition) is 2. The van der Waals surface area contributed by atoms with Crippen LogP contribution in [-0.2, 0) is 16.0 Å². The predicted molar refractivity (Wildman–Crippen MR) is 115 cm³/mol. The fraction of sp³-hybridized carbons (Fsp3) is 0.652. The average Bonchev–Trinajstić information content (AvgIpc) is 3.21. The first kappa shape index (κ1) is 22.6.